The topological polar surface area (TPSA) is 61.8 Å². The van der Waals surface area contributed by atoms with Crippen LogP contribution in [0.2, 0.25) is 4.44 Å². The molecule has 0 spiro atoms. The molecule has 0 aliphatic rings. The Labute approximate surface area is 153 Å². The minimum absolute atomic E-state index is 0.0368. The first-order chi connectivity index (χ1) is 10.6. The SMILES string of the molecule is CCCCOC(=O)C[CH2][Sn].CCCCOCCOC(=O)CS. The summed E-state index contributed by atoms with van der Waals surface area (Å²) in [6.07, 6.45) is 4.85. The van der Waals surface area contributed by atoms with Crippen LogP contribution in [0.15, 0.2) is 0 Å². The van der Waals surface area contributed by atoms with Crippen LogP contribution in [0.3, 0.4) is 0 Å². The molecule has 0 bridgehead atoms. The quantitative estimate of drug-likeness (QED) is 0.219. The number of thiol groups is 1. The number of unbranched alkanes of at least 4 members (excludes halogenated alkanes) is 2. The van der Waals surface area contributed by atoms with Crippen molar-refractivity contribution < 1.29 is 23.8 Å². The van der Waals surface area contributed by atoms with Crippen molar-refractivity contribution in [3.63, 3.8) is 0 Å². The summed E-state index contributed by atoms with van der Waals surface area (Å²) in [5, 5.41) is 0. The monoisotopic (exact) mass is 441 g/mol. The summed E-state index contributed by atoms with van der Waals surface area (Å²) in [4.78, 5) is 21.3. The van der Waals surface area contributed by atoms with Crippen LogP contribution < -0.4 is 0 Å². The number of esters is 2. The fourth-order valence-electron chi connectivity index (χ4n) is 1.11. The summed E-state index contributed by atoms with van der Waals surface area (Å²) in [6.45, 7) is 6.35. The zero-order valence-electron chi connectivity index (χ0n) is 13.8. The molecule has 0 atom stereocenters. The van der Waals surface area contributed by atoms with Crippen LogP contribution in [-0.2, 0) is 23.8 Å². The van der Waals surface area contributed by atoms with Gasteiger partial charge < -0.3 is 9.47 Å². The summed E-state index contributed by atoms with van der Waals surface area (Å²) < 4.78 is 15.8. The molecule has 0 N–H and O–H groups in total. The largest absolute Gasteiger partial charge is 0.463 e. The third-order valence-electron chi connectivity index (χ3n) is 2.35. The molecule has 3 radical (unpaired) electrons. The molecule has 0 aromatic heterocycles. The van der Waals surface area contributed by atoms with Gasteiger partial charge in [0.2, 0.25) is 0 Å². The van der Waals surface area contributed by atoms with Crippen LogP contribution in [0.5, 0.6) is 0 Å². The zero-order chi connectivity index (χ0) is 17.1. The van der Waals surface area contributed by atoms with E-state index in [1.807, 2.05) is 0 Å². The van der Waals surface area contributed by atoms with Crippen LogP contribution >= 0.6 is 12.6 Å². The van der Waals surface area contributed by atoms with E-state index in [1.165, 1.54) is 22.5 Å². The van der Waals surface area contributed by atoms with Crippen LogP contribution in [0.4, 0.5) is 0 Å². The van der Waals surface area contributed by atoms with Crippen molar-refractivity contribution >= 4 is 47.1 Å². The van der Waals surface area contributed by atoms with E-state index in [0.717, 1.165) is 36.7 Å². The van der Waals surface area contributed by atoms with Gasteiger partial charge in [-0.2, -0.15) is 12.6 Å². The maximum absolute atomic E-state index is 10.7. The predicted octanol–water partition coefficient (Wildman–Crippen LogP) is 2.58. The van der Waals surface area contributed by atoms with Gasteiger partial charge in [-0.15, -0.1) is 0 Å². The van der Waals surface area contributed by atoms with Gasteiger partial charge in [0.25, 0.3) is 0 Å². The molecule has 0 rings (SSSR count). The van der Waals surface area contributed by atoms with E-state index in [2.05, 4.69) is 26.5 Å². The van der Waals surface area contributed by atoms with Gasteiger partial charge in [0.1, 0.15) is 6.61 Å². The van der Waals surface area contributed by atoms with Crippen LogP contribution in [0, 0.1) is 0 Å². The Bertz CT molecular complexity index is 264. The third kappa shape index (κ3) is 22.3. The Morgan fingerprint density at radius 2 is 1.50 bits per heavy atom. The van der Waals surface area contributed by atoms with Gasteiger partial charge in [0, 0.05) is 6.61 Å². The first-order valence-corrected chi connectivity index (χ1v) is 10.4. The smallest absolute Gasteiger partial charge is 0.315 e. The molecule has 129 valence electrons. The fraction of sp³-hybridized carbons (Fsp3) is 0.867. The second kappa shape index (κ2) is 21.0. The summed E-state index contributed by atoms with van der Waals surface area (Å²) in [7, 11) is 0. The molecule has 22 heavy (non-hydrogen) atoms. The molecule has 5 nitrogen and oxygen atoms in total. The number of carbonyl (C=O) groups excluding carboxylic acids is 2. The Hall–Kier alpha value is 0.0487. The Balaban J connectivity index is 0. The van der Waals surface area contributed by atoms with Crippen molar-refractivity contribution in [2.45, 2.75) is 50.4 Å². The van der Waals surface area contributed by atoms with Crippen LogP contribution in [0.25, 0.3) is 0 Å². The molecule has 0 fully saturated rings. The molecule has 0 amide bonds. The predicted molar refractivity (Wildman–Crippen MR) is 91.6 cm³/mol. The summed E-state index contributed by atoms with van der Waals surface area (Å²) in [6, 6.07) is 0. The first-order valence-electron chi connectivity index (χ1n) is 7.76. The molecule has 0 aromatic rings. The van der Waals surface area contributed by atoms with E-state index in [9.17, 15) is 9.59 Å². The van der Waals surface area contributed by atoms with Crippen molar-refractivity contribution in [1.82, 2.24) is 0 Å². The van der Waals surface area contributed by atoms with Gasteiger partial charge in [-0.1, -0.05) is 13.3 Å². The maximum atomic E-state index is 10.7. The normalized spacial score (nSPS) is 9.64. The van der Waals surface area contributed by atoms with Gasteiger partial charge in [0.05, 0.1) is 12.4 Å². The van der Waals surface area contributed by atoms with Gasteiger partial charge in [0.15, 0.2) is 0 Å². The number of carbonyl (C=O) groups is 2. The molecule has 0 saturated carbocycles. The van der Waals surface area contributed by atoms with Gasteiger partial charge >= 0.3 is 81.2 Å². The second-order valence-electron chi connectivity index (χ2n) is 4.42. The minimum atomic E-state index is -0.294. The number of ether oxygens (including phenoxy) is 3. The third-order valence-corrected chi connectivity index (χ3v) is 3.32. The van der Waals surface area contributed by atoms with Gasteiger partial charge in [-0.3, -0.25) is 4.79 Å². The zero-order valence-corrected chi connectivity index (χ0v) is 17.5. The molecular formula is C15H29O5SSn. The van der Waals surface area contributed by atoms with Gasteiger partial charge in [-0.25, -0.2) is 0 Å². The Morgan fingerprint density at radius 3 is 2.05 bits per heavy atom. The molecule has 0 heterocycles. The number of rotatable bonds is 12. The average molecular weight is 440 g/mol. The van der Waals surface area contributed by atoms with Crippen LogP contribution in [-0.4, -0.2) is 66.6 Å². The maximum Gasteiger partial charge on any atom is 0.315 e. The molecular weight excluding hydrogens is 411 g/mol. The summed E-state index contributed by atoms with van der Waals surface area (Å²) >= 11 is 5.16. The van der Waals surface area contributed by atoms with Crippen molar-refractivity contribution in [2.75, 3.05) is 32.2 Å². The minimum Gasteiger partial charge on any atom is -0.463 e. The molecule has 7 heteroatoms. The van der Waals surface area contributed by atoms with E-state index in [4.69, 9.17) is 14.2 Å². The molecule has 0 saturated heterocycles. The first kappa shape index (κ1) is 24.3. The summed E-state index contributed by atoms with van der Waals surface area (Å²) in [5.41, 5.74) is 0. The molecule has 0 aromatic carbocycles. The number of hydrogen-bond acceptors (Lipinski definition) is 6. The average Bonchev–Trinajstić information content (AvgIpc) is 2.51. The van der Waals surface area contributed by atoms with Crippen LogP contribution in [0.1, 0.15) is 46.0 Å². The van der Waals surface area contributed by atoms with Crippen molar-refractivity contribution in [1.29, 1.82) is 0 Å². The van der Waals surface area contributed by atoms with E-state index < -0.39 is 0 Å². The summed E-state index contributed by atoms with van der Waals surface area (Å²) in [5.74, 6) is -0.197. The molecule has 0 unspecified atom stereocenters. The Morgan fingerprint density at radius 1 is 0.909 bits per heavy atom. The fourth-order valence-corrected chi connectivity index (χ4v) is 1.79. The Kier molecular flexibility index (Phi) is 23.3. The van der Waals surface area contributed by atoms with Crippen molar-refractivity contribution in [3.05, 3.63) is 0 Å². The van der Waals surface area contributed by atoms with E-state index in [1.54, 1.807) is 0 Å². The van der Waals surface area contributed by atoms with E-state index in [0.29, 0.717) is 26.2 Å². The number of hydrogen-bond donors (Lipinski definition) is 1. The van der Waals surface area contributed by atoms with E-state index in [-0.39, 0.29) is 17.7 Å². The standard InChI is InChI=1S/C8H16O3S.C7H13O2.Sn/c1-2-3-4-10-5-6-11-8(9)7-12;1-3-5-6-9-7(8)4-2;/h12H,2-7H2,1H3;2-6H2,1H3;. The van der Waals surface area contributed by atoms with Gasteiger partial charge in [-0.05, 0) is 6.42 Å². The molecule has 0 aliphatic carbocycles. The van der Waals surface area contributed by atoms with Crippen molar-refractivity contribution in [3.8, 4) is 0 Å². The van der Waals surface area contributed by atoms with Crippen molar-refractivity contribution in [2.24, 2.45) is 0 Å². The second-order valence-corrected chi connectivity index (χ2v) is 6.16. The van der Waals surface area contributed by atoms with E-state index >= 15 is 0 Å². The molecule has 0 aliphatic heterocycles.